The van der Waals surface area contributed by atoms with Crippen molar-refractivity contribution in [1.82, 2.24) is 10.2 Å². The van der Waals surface area contributed by atoms with Crippen molar-refractivity contribution in [2.24, 2.45) is 0 Å². The van der Waals surface area contributed by atoms with Gasteiger partial charge in [0.1, 0.15) is 0 Å². The van der Waals surface area contributed by atoms with Crippen molar-refractivity contribution in [3.05, 3.63) is 46.5 Å². The summed E-state index contributed by atoms with van der Waals surface area (Å²) in [4.78, 5) is 30.9. The van der Waals surface area contributed by atoms with Gasteiger partial charge in [-0.2, -0.15) is 0 Å². The lowest BCUT2D eigenvalue weighted by atomic mass is 9.85. The summed E-state index contributed by atoms with van der Waals surface area (Å²) < 4.78 is 0. The van der Waals surface area contributed by atoms with Crippen LogP contribution in [0.5, 0.6) is 0 Å². The summed E-state index contributed by atoms with van der Waals surface area (Å²) in [6, 6.07) is 5.15. The highest BCUT2D eigenvalue weighted by Crippen LogP contribution is 2.35. The van der Waals surface area contributed by atoms with Crippen LogP contribution in [0.15, 0.2) is 30.9 Å². The van der Waals surface area contributed by atoms with E-state index in [0.29, 0.717) is 23.0 Å². The van der Waals surface area contributed by atoms with E-state index >= 15 is 0 Å². The van der Waals surface area contributed by atoms with Gasteiger partial charge in [-0.15, -0.1) is 6.58 Å². The molecule has 0 aromatic heterocycles. The molecule has 26 heavy (non-hydrogen) atoms. The molecule has 0 fully saturated rings. The first-order chi connectivity index (χ1) is 12.0. The fraction of sp³-hybridized carbons (Fsp3) is 0.312. The van der Waals surface area contributed by atoms with Gasteiger partial charge in [-0.05, 0) is 31.2 Å². The fourth-order valence-electron chi connectivity index (χ4n) is 2.24. The number of rotatable bonds is 6. The van der Waals surface area contributed by atoms with Crippen LogP contribution in [0.25, 0.3) is 0 Å². The van der Waals surface area contributed by atoms with Crippen molar-refractivity contribution in [3.8, 4) is 0 Å². The molecule has 0 aliphatic rings. The number of carboxylic acids is 2. The van der Waals surface area contributed by atoms with E-state index in [1.807, 2.05) is 0 Å². The van der Waals surface area contributed by atoms with Crippen LogP contribution >= 0.6 is 23.2 Å². The minimum absolute atomic E-state index is 0.396. The van der Waals surface area contributed by atoms with Crippen molar-refractivity contribution in [2.75, 3.05) is 20.6 Å². The van der Waals surface area contributed by atoms with Crippen molar-refractivity contribution in [3.63, 3.8) is 0 Å². The number of likely N-dealkylation sites (N-methyl/N-ethyl adjacent to an activating group) is 2. The third kappa shape index (κ3) is 6.21. The van der Waals surface area contributed by atoms with Crippen LogP contribution in [0.3, 0.4) is 0 Å². The molecule has 0 aliphatic heterocycles. The van der Waals surface area contributed by atoms with Gasteiger partial charge in [0.15, 0.2) is 0 Å². The zero-order valence-corrected chi connectivity index (χ0v) is 15.7. The fourth-order valence-corrected chi connectivity index (χ4v) is 2.54. The van der Waals surface area contributed by atoms with Crippen LogP contribution in [0.4, 0.5) is 4.79 Å². The van der Waals surface area contributed by atoms with Gasteiger partial charge in [0.05, 0.1) is 15.6 Å². The van der Waals surface area contributed by atoms with Gasteiger partial charge in [0.25, 0.3) is 0 Å². The molecule has 0 saturated carbocycles. The summed E-state index contributed by atoms with van der Waals surface area (Å²) in [5.74, 6) is -3.65. The topological polar surface area (TPSA) is 127 Å². The maximum atomic E-state index is 11.4. The Balaban J connectivity index is 0.000000896. The number of halogens is 2. The number of aliphatic carboxylic acids is 2. The molecule has 1 amide bonds. The third-order valence-electron chi connectivity index (χ3n) is 3.52. The first-order valence-corrected chi connectivity index (χ1v) is 7.93. The van der Waals surface area contributed by atoms with E-state index in [2.05, 4.69) is 11.9 Å². The van der Waals surface area contributed by atoms with Crippen molar-refractivity contribution >= 4 is 41.2 Å². The molecule has 0 aliphatic carbocycles. The van der Waals surface area contributed by atoms with Crippen molar-refractivity contribution < 1.29 is 29.7 Å². The van der Waals surface area contributed by atoms with E-state index in [-0.39, 0.29) is 0 Å². The zero-order chi connectivity index (χ0) is 20.5. The second-order valence-electron chi connectivity index (χ2n) is 5.14. The molecule has 0 radical (unpaired) electrons. The lowest BCUT2D eigenvalue weighted by Gasteiger charge is -2.40. The largest absolute Gasteiger partial charge is 0.473 e. The molecule has 10 heteroatoms. The first kappa shape index (κ1) is 23.7. The van der Waals surface area contributed by atoms with Gasteiger partial charge in [0.2, 0.25) is 0 Å². The average molecular weight is 407 g/mol. The Morgan fingerprint density at radius 3 is 2.08 bits per heavy atom. The van der Waals surface area contributed by atoms with Gasteiger partial charge in [0, 0.05) is 13.6 Å². The highest BCUT2D eigenvalue weighted by atomic mass is 35.5. The maximum absolute atomic E-state index is 11.4. The molecule has 0 bridgehead atoms. The van der Waals surface area contributed by atoms with E-state index in [9.17, 15) is 9.90 Å². The lowest BCUT2D eigenvalue weighted by Crippen LogP contribution is -2.52. The molecule has 0 heterocycles. The second-order valence-corrected chi connectivity index (χ2v) is 5.95. The number of nitrogens with zero attached hydrogens (tertiary/aromatic N) is 1. The Morgan fingerprint density at radius 1 is 1.19 bits per heavy atom. The third-order valence-corrected chi connectivity index (χ3v) is 4.26. The quantitative estimate of drug-likeness (QED) is 0.422. The van der Waals surface area contributed by atoms with Gasteiger partial charge < -0.3 is 25.5 Å². The van der Waals surface area contributed by atoms with E-state index in [1.165, 1.54) is 11.9 Å². The van der Waals surface area contributed by atoms with E-state index in [0.717, 1.165) is 5.56 Å². The molecule has 8 nitrogen and oxygen atoms in total. The van der Waals surface area contributed by atoms with Gasteiger partial charge in [-0.25, -0.2) is 14.4 Å². The summed E-state index contributed by atoms with van der Waals surface area (Å²) >= 11 is 12.0. The first-order valence-electron chi connectivity index (χ1n) is 7.17. The molecule has 1 aromatic rings. The summed E-state index contributed by atoms with van der Waals surface area (Å²) in [6.45, 7) is 4.16. The Hall–Kier alpha value is -2.29. The minimum Gasteiger partial charge on any atom is -0.473 e. The number of carboxylic acid groups (broad SMARTS) is 3. The molecule has 0 spiro atoms. The van der Waals surface area contributed by atoms with Crippen molar-refractivity contribution in [1.29, 1.82) is 0 Å². The van der Waals surface area contributed by atoms with Crippen LogP contribution < -0.4 is 5.32 Å². The van der Waals surface area contributed by atoms with Gasteiger partial charge in [-0.3, -0.25) is 0 Å². The average Bonchev–Trinajstić information content (AvgIpc) is 2.56. The van der Waals surface area contributed by atoms with Gasteiger partial charge >= 0.3 is 18.0 Å². The summed E-state index contributed by atoms with van der Waals surface area (Å²) in [6.07, 6.45) is 1.13. The standard InChI is InChI=1S/C14H18Cl2N2O2.C2H2O4/c1-4-7-14(9-17-2,18(3)13(19)20)10-5-6-11(15)12(16)8-10;3-1(4)2(5)6/h4-6,8,17H,1,7,9H2,2-3H3,(H,19,20);(H,3,4)(H,5,6). The second kappa shape index (κ2) is 10.6. The summed E-state index contributed by atoms with van der Waals surface area (Å²) in [7, 11) is 3.30. The number of hydrogen-bond donors (Lipinski definition) is 4. The Labute approximate surface area is 160 Å². The predicted octanol–water partition coefficient (Wildman–Crippen LogP) is 2.75. The molecule has 1 rings (SSSR count). The Kier molecular flexibility index (Phi) is 9.71. The molecule has 1 unspecified atom stereocenters. The molecule has 1 atom stereocenters. The molecule has 144 valence electrons. The summed E-state index contributed by atoms with van der Waals surface area (Å²) in [5.41, 5.74) is -0.0117. The lowest BCUT2D eigenvalue weighted by molar-refractivity contribution is -0.159. The Bertz CT molecular complexity index is 671. The highest BCUT2D eigenvalue weighted by Gasteiger charge is 2.38. The van der Waals surface area contributed by atoms with Crippen LogP contribution in [-0.2, 0) is 15.1 Å². The monoisotopic (exact) mass is 406 g/mol. The SMILES string of the molecule is C=CCC(CNC)(c1ccc(Cl)c(Cl)c1)N(C)C(=O)O.O=C(O)C(=O)O. The van der Waals surface area contributed by atoms with E-state index in [1.54, 1.807) is 31.3 Å². The molecule has 0 saturated heterocycles. The number of benzene rings is 1. The number of nitrogens with one attached hydrogen (secondary N) is 1. The van der Waals surface area contributed by atoms with Crippen LogP contribution in [0, 0.1) is 0 Å². The molecule has 4 N–H and O–H groups in total. The Morgan fingerprint density at radius 2 is 1.73 bits per heavy atom. The molecule has 1 aromatic carbocycles. The normalized spacial score (nSPS) is 12.2. The van der Waals surface area contributed by atoms with Gasteiger partial charge in [-0.1, -0.05) is 35.3 Å². The van der Waals surface area contributed by atoms with Crippen LogP contribution in [-0.4, -0.2) is 58.9 Å². The molecular formula is C16H20Cl2N2O6. The van der Waals surface area contributed by atoms with Crippen molar-refractivity contribution in [2.45, 2.75) is 12.0 Å². The van der Waals surface area contributed by atoms with E-state index in [4.69, 9.17) is 43.0 Å². The van der Waals surface area contributed by atoms with E-state index < -0.39 is 23.6 Å². The number of amides is 1. The number of hydrogen-bond acceptors (Lipinski definition) is 4. The minimum atomic E-state index is -1.82. The highest BCUT2D eigenvalue weighted by molar-refractivity contribution is 6.42. The zero-order valence-electron chi connectivity index (χ0n) is 14.2. The number of carbonyl (C=O) groups is 3. The predicted molar refractivity (Wildman–Crippen MR) is 97.9 cm³/mol. The smallest absolute Gasteiger partial charge is 0.414 e. The van der Waals surface area contributed by atoms with Crippen LogP contribution in [0.2, 0.25) is 10.0 Å². The maximum Gasteiger partial charge on any atom is 0.414 e. The summed E-state index contributed by atoms with van der Waals surface area (Å²) in [5, 5.41) is 28.0. The molecular weight excluding hydrogens is 387 g/mol. The van der Waals surface area contributed by atoms with Crippen LogP contribution in [0.1, 0.15) is 12.0 Å².